The van der Waals surface area contributed by atoms with Crippen molar-refractivity contribution in [1.29, 1.82) is 0 Å². The van der Waals surface area contributed by atoms with E-state index in [0.29, 0.717) is 0 Å². The Balaban J connectivity index is 1.61. The summed E-state index contributed by atoms with van der Waals surface area (Å²) in [5.41, 5.74) is 7.73. The highest BCUT2D eigenvalue weighted by atomic mass is 14.9. The van der Waals surface area contributed by atoms with Gasteiger partial charge in [0.15, 0.2) is 0 Å². The van der Waals surface area contributed by atoms with Crippen LogP contribution in [0.4, 0.5) is 0 Å². The van der Waals surface area contributed by atoms with Gasteiger partial charge in [0, 0.05) is 53.9 Å². The van der Waals surface area contributed by atoms with Crippen LogP contribution in [-0.2, 0) is 0 Å². The van der Waals surface area contributed by atoms with E-state index in [1.165, 1.54) is 97.7 Å². The fourth-order valence-electron chi connectivity index (χ4n) is 8.13. The van der Waals surface area contributed by atoms with Gasteiger partial charge in [0.2, 0.25) is 0 Å². The third-order valence-electron chi connectivity index (χ3n) is 9.54. The fraction of sp³-hybridized carbons (Fsp3) is 0. The Labute approximate surface area is 227 Å². The Morgan fingerprint density at radius 3 is 1.00 bits per heavy atom. The SMILES string of the molecule is c1ccc2c(c1)c1ccc3c4c5ccccc5n5c6ccccc6c6ccc(c7c8ccccc8n2c1c37)c4c65. The first kappa shape index (κ1) is 19.7. The van der Waals surface area contributed by atoms with Crippen LogP contribution in [0.3, 0.4) is 0 Å². The summed E-state index contributed by atoms with van der Waals surface area (Å²) in [5.74, 6) is 0. The van der Waals surface area contributed by atoms with Crippen LogP contribution in [0, 0.1) is 0 Å². The number of para-hydroxylation sites is 4. The van der Waals surface area contributed by atoms with E-state index >= 15 is 0 Å². The smallest absolute Gasteiger partial charge is 0.0626 e. The Hall–Kier alpha value is -5.34. The van der Waals surface area contributed by atoms with Gasteiger partial charge in [-0.3, -0.25) is 0 Å². The van der Waals surface area contributed by atoms with Gasteiger partial charge in [0.05, 0.1) is 33.1 Å². The van der Waals surface area contributed by atoms with Gasteiger partial charge in [-0.25, -0.2) is 0 Å². The average Bonchev–Trinajstić information content (AvgIpc) is 3.54. The van der Waals surface area contributed by atoms with Crippen molar-refractivity contribution in [2.45, 2.75) is 0 Å². The number of benzene rings is 7. The topological polar surface area (TPSA) is 8.82 Å². The molecule has 40 heavy (non-hydrogen) atoms. The largest absolute Gasteiger partial charge is 0.308 e. The van der Waals surface area contributed by atoms with Crippen molar-refractivity contribution >= 4 is 97.7 Å². The molecule has 0 saturated heterocycles. The molecule has 2 nitrogen and oxygen atoms in total. The maximum atomic E-state index is 2.51. The molecule has 0 bridgehead atoms. The van der Waals surface area contributed by atoms with E-state index in [2.05, 4.69) is 130 Å². The van der Waals surface area contributed by atoms with Gasteiger partial charge in [0.1, 0.15) is 0 Å². The van der Waals surface area contributed by atoms with E-state index in [1.54, 1.807) is 0 Å². The number of fused-ring (bicyclic) bond motifs is 14. The first-order valence-electron chi connectivity index (χ1n) is 14.0. The summed E-state index contributed by atoms with van der Waals surface area (Å²) in [6.45, 7) is 0. The monoisotopic (exact) mass is 504 g/mol. The van der Waals surface area contributed by atoms with Crippen molar-refractivity contribution in [2.24, 2.45) is 0 Å². The highest BCUT2D eigenvalue weighted by molar-refractivity contribution is 6.44. The van der Waals surface area contributed by atoms with Crippen molar-refractivity contribution in [1.82, 2.24) is 8.80 Å². The lowest BCUT2D eigenvalue weighted by Gasteiger charge is -2.20. The number of pyridine rings is 2. The van der Waals surface area contributed by atoms with E-state index in [1.807, 2.05) is 0 Å². The molecule has 4 heterocycles. The van der Waals surface area contributed by atoms with Crippen LogP contribution in [0.25, 0.3) is 97.7 Å². The molecule has 0 fully saturated rings. The van der Waals surface area contributed by atoms with E-state index in [4.69, 9.17) is 0 Å². The molecule has 0 unspecified atom stereocenters. The van der Waals surface area contributed by atoms with Gasteiger partial charge in [-0.1, -0.05) is 97.1 Å². The molecular formula is C38H20N2. The van der Waals surface area contributed by atoms with Crippen molar-refractivity contribution in [3.63, 3.8) is 0 Å². The molecule has 0 aliphatic rings. The molecule has 4 aromatic heterocycles. The molecule has 11 rings (SSSR count). The van der Waals surface area contributed by atoms with Crippen molar-refractivity contribution < 1.29 is 0 Å². The summed E-state index contributed by atoms with van der Waals surface area (Å²) in [4.78, 5) is 0. The summed E-state index contributed by atoms with van der Waals surface area (Å²) >= 11 is 0. The molecular weight excluding hydrogens is 484 g/mol. The van der Waals surface area contributed by atoms with Crippen LogP contribution in [-0.4, -0.2) is 8.80 Å². The summed E-state index contributed by atoms with van der Waals surface area (Å²) in [5, 5.41) is 16.0. The fourth-order valence-corrected chi connectivity index (χ4v) is 8.13. The van der Waals surface area contributed by atoms with Crippen molar-refractivity contribution in [3.05, 3.63) is 121 Å². The second kappa shape index (κ2) is 6.44. The summed E-state index contributed by atoms with van der Waals surface area (Å²) in [7, 11) is 0. The molecule has 182 valence electrons. The quantitative estimate of drug-likeness (QED) is 0.143. The van der Waals surface area contributed by atoms with E-state index in [0.717, 1.165) is 0 Å². The first-order chi connectivity index (χ1) is 19.9. The van der Waals surface area contributed by atoms with Gasteiger partial charge < -0.3 is 8.80 Å². The van der Waals surface area contributed by atoms with Crippen molar-refractivity contribution in [3.8, 4) is 0 Å². The second-order valence-electron chi connectivity index (χ2n) is 11.3. The molecule has 0 saturated carbocycles. The maximum absolute atomic E-state index is 2.51. The Bertz CT molecular complexity index is 2660. The zero-order chi connectivity index (χ0) is 25.7. The lowest BCUT2D eigenvalue weighted by atomic mass is 9.88. The van der Waals surface area contributed by atoms with Crippen LogP contribution >= 0.6 is 0 Å². The molecule has 11 aromatic rings. The number of aromatic nitrogens is 2. The standard InChI is InChI=1S/C38H20N2/c1-5-13-29-21(9-1)23-17-19-27-34-26-12-4-8-16-32(26)40-30-14-6-2-10-22(30)24-18-20-28(36(34)38(24)40)33-25-11-3-7-15-31(25)39(29)37(23)35(27)33/h1-20H. The van der Waals surface area contributed by atoms with Crippen LogP contribution in [0.2, 0.25) is 0 Å². The summed E-state index contributed by atoms with van der Waals surface area (Å²) in [6.07, 6.45) is 0. The summed E-state index contributed by atoms with van der Waals surface area (Å²) < 4.78 is 5.02. The molecule has 0 aliphatic carbocycles. The molecule has 0 radical (unpaired) electrons. The minimum Gasteiger partial charge on any atom is -0.308 e. The predicted octanol–water partition coefficient (Wildman–Crippen LogP) is 10.3. The third-order valence-corrected chi connectivity index (χ3v) is 9.54. The van der Waals surface area contributed by atoms with Crippen LogP contribution in [0.1, 0.15) is 0 Å². The minimum absolute atomic E-state index is 1.26. The minimum atomic E-state index is 1.26. The molecule has 2 heteroatoms. The lowest BCUT2D eigenvalue weighted by Crippen LogP contribution is -1.97. The number of hydrogen-bond acceptors (Lipinski definition) is 0. The first-order valence-corrected chi connectivity index (χ1v) is 14.0. The van der Waals surface area contributed by atoms with Crippen LogP contribution in [0.15, 0.2) is 121 Å². The molecule has 0 N–H and O–H groups in total. The van der Waals surface area contributed by atoms with Crippen LogP contribution in [0.5, 0.6) is 0 Å². The zero-order valence-electron chi connectivity index (χ0n) is 21.4. The second-order valence-corrected chi connectivity index (χ2v) is 11.3. The normalized spacial score (nSPS) is 13.0. The van der Waals surface area contributed by atoms with Gasteiger partial charge in [-0.15, -0.1) is 0 Å². The van der Waals surface area contributed by atoms with Gasteiger partial charge >= 0.3 is 0 Å². The average molecular weight is 505 g/mol. The Morgan fingerprint density at radius 2 is 0.575 bits per heavy atom. The van der Waals surface area contributed by atoms with Gasteiger partial charge in [-0.05, 0) is 35.0 Å². The molecule has 0 atom stereocenters. The molecule has 0 amide bonds. The lowest BCUT2D eigenvalue weighted by molar-refractivity contribution is 1.35. The predicted molar refractivity (Wildman–Crippen MR) is 171 cm³/mol. The number of hydrogen-bond donors (Lipinski definition) is 0. The molecule has 7 aromatic carbocycles. The molecule has 0 aliphatic heterocycles. The number of rotatable bonds is 0. The van der Waals surface area contributed by atoms with Gasteiger partial charge in [0.25, 0.3) is 0 Å². The summed E-state index contributed by atoms with van der Waals surface area (Å²) in [6, 6.07) is 45.2. The number of nitrogens with zero attached hydrogens (tertiary/aromatic N) is 2. The highest BCUT2D eigenvalue weighted by Gasteiger charge is 2.25. The van der Waals surface area contributed by atoms with E-state index < -0.39 is 0 Å². The third kappa shape index (κ3) is 1.98. The van der Waals surface area contributed by atoms with Crippen LogP contribution < -0.4 is 0 Å². The van der Waals surface area contributed by atoms with Crippen molar-refractivity contribution in [2.75, 3.05) is 0 Å². The maximum Gasteiger partial charge on any atom is 0.0626 e. The Kier molecular flexibility index (Phi) is 3.17. The van der Waals surface area contributed by atoms with E-state index in [9.17, 15) is 0 Å². The zero-order valence-corrected chi connectivity index (χ0v) is 21.4. The van der Waals surface area contributed by atoms with E-state index in [-0.39, 0.29) is 0 Å². The molecule has 0 spiro atoms. The highest BCUT2D eigenvalue weighted by Crippen LogP contribution is 2.50. The van der Waals surface area contributed by atoms with Gasteiger partial charge in [-0.2, -0.15) is 0 Å². The Morgan fingerprint density at radius 1 is 0.250 bits per heavy atom.